The molecule has 0 atom stereocenters. The Kier molecular flexibility index (Phi) is 2.35. The van der Waals surface area contributed by atoms with Gasteiger partial charge < -0.3 is 5.73 Å². The van der Waals surface area contributed by atoms with Gasteiger partial charge in [0.15, 0.2) is 5.82 Å². The van der Waals surface area contributed by atoms with E-state index < -0.39 is 0 Å². The Morgan fingerprint density at radius 3 is 2.93 bits per heavy atom. The van der Waals surface area contributed by atoms with Gasteiger partial charge in [-0.3, -0.25) is 0 Å². The number of nitriles is 1. The number of halogens is 1. The number of aromatic nitrogens is 4. The monoisotopic (exact) mass is 264 g/mol. The first-order chi connectivity index (χ1) is 7.20. The standard InChI is InChI=1S/C8H5BrN6/c9-6-4-15(14-7(6)11)8-12-2-1-5(3-10)13-8/h1-2,4H,(H2,11,14). The van der Waals surface area contributed by atoms with Crippen LogP contribution in [0.2, 0.25) is 0 Å². The van der Waals surface area contributed by atoms with E-state index in [2.05, 4.69) is 31.0 Å². The highest BCUT2D eigenvalue weighted by Gasteiger charge is 2.06. The summed E-state index contributed by atoms with van der Waals surface area (Å²) >= 11 is 3.22. The molecule has 2 aromatic heterocycles. The van der Waals surface area contributed by atoms with E-state index in [9.17, 15) is 0 Å². The fourth-order valence-electron chi connectivity index (χ4n) is 0.990. The normalized spacial score (nSPS) is 9.87. The van der Waals surface area contributed by atoms with E-state index in [1.165, 1.54) is 16.9 Å². The van der Waals surface area contributed by atoms with Crippen LogP contribution in [0.5, 0.6) is 0 Å². The summed E-state index contributed by atoms with van der Waals surface area (Å²) in [6, 6.07) is 3.44. The molecule has 0 unspecified atom stereocenters. The van der Waals surface area contributed by atoms with Crippen molar-refractivity contribution in [1.82, 2.24) is 19.7 Å². The maximum atomic E-state index is 8.66. The van der Waals surface area contributed by atoms with Crippen molar-refractivity contribution in [3.05, 3.63) is 28.6 Å². The number of anilines is 1. The van der Waals surface area contributed by atoms with Crippen LogP contribution in [0.4, 0.5) is 5.82 Å². The molecule has 0 saturated heterocycles. The average Bonchev–Trinajstić information content (AvgIpc) is 2.59. The summed E-state index contributed by atoms with van der Waals surface area (Å²) in [6.45, 7) is 0. The zero-order valence-electron chi connectivity index (χ0n) is 7.42. The van der Waals surface area contributed by atoms with Gasteiger partial charge in [-0.15, -0.1) is 5.10 Å². The Hall–Kier alpha value is -1.94. The summed E-state index contributed by atoms with van der Waals surface area (Å²) in [5.74, 6) is 0.660. The van der Waals surface area contributed by atoms with Crippen LogP contribution in [0.1, 0.15) is 5.69 Å². The zero-order chi connectivity index (χ0) is 10.8. The zero-order valence-corrected chi connectivity index (χ0v) is 9.01. The number of nitrogen functional groups attached to an aromatic ring is 1. The van der Waals surface area contributed by atoms with Gasteiger partial charge in [-0.2, -0.15) is 5.26 Å². The minimum atomic E-state index is 0.283. The van der Waals surface area contributed by atoms with Crippen molar-refractivity contribution in [2.75, 3.05) is 5.73 Å². The Balaban J connectivity index is 2.50. The van der Waals surface area contributed by atoms with Gasteiger partial charge >= 0.3 is 0 Å². The summed E-state index contributed by atoms with van der Waals surface area (Å²) < 4.78 is 2.06. The highest BCUT2D eigenvalue weighted by Crippen LogP contribution is 2.17. The maximum Gasteiger partial charge on any atom is 0.251 e. The molecule has 2 rings (SSSR count). The van der Waals surface area contributed by atoms with Gasteiger partial charge in [0.05, 0.1) is 10.7 Å². The predicted molar refractivity (Wildman–Crippen MR) is 56.0 cm³/mol. The Morgan fingerprint density at radius 2 is 2.33 bits per heavy atom. The van der Waals surface area contributed by atoms with E-state index in [1.807, 2.05) is 6.07 Å². The molecule has 7 heteroatoms. The molecule has 0 aliphatic rings. The van der Waals surface area contributed by atoms with Gasteiger partial charge in [0.1, 0.15) is 11.8 Å². The molecule has 0 aromatic carbocycles. The van der Waals surface area contributed by atoms with Gasteiger partial charge in [0.25, 0.3) is 5.95 Å². The second kappa shape index (κ2) is 3.67. The van der Waals surface area contributed by atoms with Crippen LogP contribution in [-0.2, 0) is 0 Å². The highest BCUT2D eigenvalue weighted by atomic mass is 79.9. The largest absolute Gasteiger partial charge is 0.381 e. The molecule has 0 spiro atoms. The Labute approximate surface area is 93.5 Å². The quantitative estimate of drug-likeness (QED) is 0.825. The molecule has 0 fully saturated rings. The summed E-state index contributed by atoms with van der Waals surface area (Å²) in [4.78, 5) is 7.94. The molecule has 6 nitrogen and oxygen atoms in total. The minimum absolute atomic E-state index is 0.283. The van der Waals surface area contributed by atoms with E-state index in [4.69, 9.17) is 11.0 Å². The van der Waals surface area contributed by atoms with Gasteiger partial charge in [-0.05, 0) is 22.0 Å². The van der Waals surface area contributed by atoms with Crippen LogP contribution in [-0.4, -0.2) is 19.7 Å². The molecular formula is C8H5BrN6. The fourth-order valence-corrected chi connectivity index (χ4v) is 1.26. The second-order valence-electron chi connectivity index (χ2n) is 2.66. The van der Waals surface area contributed by atoms with E-state index in [-0.39, 0.29) is 5.69 Å². The van der Waals surface area contributed by atoms with E-state index >= 15 is 0 Å². The van der Waals surface area contributed by atoms with Crippen LogP contribution < -0.4 is 5.73 Å². The summed E-state index contributed by atoms with van der Waals surface area (Å²) in [5, 5.41) is 12.6. The fraction of sp³-hybridized carbons (Fsp3) is 0. The van der Waals surface area contributed by atoms with E-state index in [0.717, 1.165) is 0 Å². The number of hydrogen-bond donors (Lipinski definition) is 1. The third-order valence-electron chi connectivity index (χ3n) is 1.66. The van der Waals surface area contributed by atoms with Crippen molar-refractivity contribution in [2.45, 2.75) is 0 Å². The minimum Gasteiger partial charge on any atom is -0.381 e. The topological polar surface area (TPSA) is 93.4 Å². The van der Waals surface area contributed by atoms with Crippen molar-refractivity contribution in [1.29, 1.82) is 5.26 Å². The average molecular weight is 265 g/mol. The lowest BCUT2D eigenvalue weighted by molar-refractivity contribution is 0.809. The van der Waals surface area contributed by atoms with Gasteiger partial charge in [-0.1, -0.05) is 0 Å². The van der Waals surface area contributed by atoms with E-state index in [0.29, 0.717) is 16.2 Å². The lowest BCUT2D eigenvalue weighted by atomic mass is 10.4. The maximum absolute atomic E-state index is 8.66. The SMILES string of the molecule is N#Cc1ccnc(-n2cc(Br)c(N)n2)n1. The van der Waals surface area contributed by atoms with Gasteiger partial charge in [-0.25, -0.2) is 14.6 Å². The van der Waals surface area contributed by atoms with Crippen molar-refractivity contribution in [2.24, 2.45) is 0 Å². The molecule has 0 bridgehead atoms. The van der Waals surface area contributed by atoms with Crippen LogP contribution in [0.3, 0.4) is 0 Å². The Bertz CT molecular complexity index is 521. The molecule has 0 saturated carbocycles. The number of rotatable bonds is 1. The lowest BCUT2D eigenvalue weighted by Gasteiger charge is -1.97. The van der Waals surface area contributed by atoms with Crippen LogP contribution >= 0.6 is 15.9 Å². The van der Waals surface area contributed by atoms with Gasteiger partial charge in [0.2, 0.25) is 0 Å². The van der Waals surface area contributed by atoms with Gasteiger partial charge in [0, 0.05) is 6.20 Å². The predicted octanol–water partition coefficient (Wildman–Crippen LogP) is 0.879. The number of nitrogens with two attached hydrogens (primary N) is 1. The smallest absolute Gasteiger partial charge is 0.251 e. The molecule has 0 aliphatic carbocycles. The Morgan fingerprint density at radius 1 is 1.53 bits per heavy atom. The van der Waals surface area contributed by atoms with Crippen LogP contribution in [0.15, 0.2) is 22.9 Å². The summed E-state index contributed by atoms with van der Waals surface area (Å²) in [7, 11) is 0. The van der Waals surface area contributed by atoms with Crippen molar-refractivity contribution in [3.63, 3.8) is 0 Å². The first-order valence-corrected chi connectivity index (χ1v) is 4.74. The molecule has 15 heavy (non-hydrogen) atoms. The summed E-state index contributed by atoms with van der Waals surface area (Å²) in [5.41, 5.74) is 5.83. The van der Waals surface area contributed by atoms with Crippen molar-refractivity contribution >= 4 is 21.7 Å². The highest BCUT2D eigenvalue weighted by molar-refractivity contribution is 9.10. The molecule has 0 radical (unpaired) electrons. The first-order valence-electron chi connectivity index (χ1n) is 3.95. The van der Waals surface area contributed by atoms with E-state index in [1.54, 1.807) is 6.20 Å². The van der Waals surface area contributed by atoms with Crippen LogP contribution in [0.25, 0.3) is 5.95 Å². The van der Waals surface area contributed by atoms with Crippen LogP contribution in [0, 0.1) is 11.3 Å². The van der Waals surface area contributed by atoms with Crippen molar-refractivity contribution in [3.8, 4) is 12.0 Å². The molecular weight excluding hydrogens is 260 g/mol. The third-order valence-corrected chi connectivity index (χ3v) is 2.27. The molecule has 2 N–H and O–H groups in total. The molecule has 74 valence electrons. The third kappa shape index (κ3) is 1.80. The molecule has 0 amide bonds. The number of hydrogen-bond acceptors (Lipinski definition) is 5. The molecule has 2 heterocycles. The van der Waals surface area contributed by atoms with Crippen molar-refractivity contribution < 1.29 is 0 Å². The first kappa shape index (κ1) is 9.61. The number of nitrogens with zero attached hydrogens (tertiary/aromatic N) is 5. The molecule has 0 aliphatic heterocycles. The second-order valence-corrected chi connectivity index (χ2v) is 3.51. The lowest BCUT2D eigenvalue weighted by Crippen LogP contribution is -2.03. The molecule has 2 aromatic rings. The summed E-state index contributed by atoms with van der Waals surface area (Å²) in [6.07, 6.45) is 3.12.